The molecule has 0 aromatic heterocycles. The molecule has 11 amide bonds. The SMILES string of the molecule is CCC[C@H](NC(=O)[C@@H]1CCCN1C(=O)[C@H](CS)NC(=O)[C@H](CC1CCCCC1)N(C)C(=O)[C@@H](NC(=O)[C@@H](NC(=O)[C@H](CCC(=O)O)NC(=O)[C@H](CC(=O)O)NC(C)=O)C(c1ccccc1)c1ccccc1)[C@@H](C)CC)C(=O)N[C@@H](CO)C(=O)N[C@@H](CC(C)C)C(N)=O. The molecular formula is C64H95N11O16S. The van der Waals surface area contributed by atoms with Crippen molar-refractivity contribution in [3.8, 4) is 0 Å². The highest BCUT2D eigenvalue weighted by atomic mass is 32.1. The molecule has 92 heavy (non-hydrogen) atoms. The van der Waals surface area contributed by atoms with Crippen molar-refractivity contribution in [2.24, 2.45) is 23.5 Å². The number of rotatable bonds is 37. The van der Waals surface area contributed by atoms with Gasteiger partial charge in [-0.05, 0) is 67.4 Å². The zero-order chi connectivity index (χ0) is 68.4. The Hall–Kier alpha value is -8.14. The van der Waals surface area contributed by atoms with Gasteiger partial charge in [-0.25, -0.2) is 0 Å². The molecular weight excluding hydrogens is 1210 g/mol. The van der Waals surface area contributed by atoms with E-state index in [2.05, 4.69) is 55.2 Å². The van der Waals surface area contributed by atoms with Gasteiger partial charge in [0.25, 0.3) is 0 Å². The van der Waals surface area contributed by atoms with Gasteiger partial charge in [-0.1, -0.05) is 140 Å². The molecule has 1 heterocycles. The number of likely N-dealkylation sites (tertiary alicyclic amines) is 1. The van der Waals surface area contributed by atoms with Gasteiger partial charge < -0.3 is 73.4 Å². The average molecular weight is 1310 g/mol. The third-order valence-corrected chi connectivity index (χ3v) is 17.2. The molecule has 1 saturated heterocycles. The molecule has 1 aliphatic heterocycles. The van der Waals surface area contributed by atoms with Crippen molar-refractivity contribution in [1.29, 1.82) is 0 Å². The van der Waals surface area contributed by atoms with E-state index in [1.54, 1.807) is 81.4 Å². The fourth-order valence-corrected chi connectivity index (χ4v) is 11.9. The monoisotopic (exact) mass is 1310 g/mol. The lowest BCUT2D eigenvalue weighted by atomic mass is 9.83. The van der Waals surface area contributed by atoms with Gasteiger partial charge in [0.1, 0.15) is 60.4 Å². The number of nitrogens with two attached hydrogens (primary N) is 1. The van der Waals surface area contributed by atoms with Crippen LogP contribution < -0.4 is 48.3 Å². The predicted octanol–water partition coefficient (Wildman–Crippen LogP) is 1.14. The Morgan fingerprint density at radius 3 is 1.67 bits per heavy atom. The number of hydrogen-bond acceptors (Lipinski definition) is 15. The summed E-state index contributed by atoms with van der Waals surface area (Å²) in [6.45, 7) is 9.19. The average Bonchev–Trinajstić information content (AvgIpc) is 1.16. The third-order valence-electron chi connectivity index (χ3n) is 16.8. The summed E-state index contributed by atoms with van der Waals surface area (Å²) in [5, 5.41) is 50.1. The standard InChI is InChI=1S/C64H95N11O16S/c1-8-20-42(56(83)70-46(34-76)59(86)69-44(55(65)82)31-36(3)4)68-60(87)48-27-19-30-75(48)63(90)47(35-92)71-61(88)49(32-39-21-13-10-14-22-39)74(7)64(91)53(37(5)9-2)72-62(89)54(52(40-23-15-11-16-24-40)41-25-17-12-18-26-41)73-57(84)43(28-29-50(78)79)67-58(85)45(33-51(80)81)66-38(6)77/h11-12,15-18,23-26,36-37,39,42-49,52-54,76,92H,8-10,13-14,19-22,27-35H2,1-7H3,(H2,65,82)(H,66,77)(H,67,85)(H,68,87)(H,69,86)(H,70,83)(H,71,88)(H,72,89)(H,73,84)(H,78,79)(H,80,81)/t37-,42-,43-,44-,45-,46-,47-,48-,49-,53-,54-/m0/s1. The summed E-state index contributed by atoms with van der Waals surface area (Å²) in [5.74, 6) is -13.9. The first-order valence-corrected chi connectivity index (χ1v) is 32.3. The third kappa shape index (κ3) is 23.2. The largest absolute Gasteiger partial charge is 0.481 e. The van der Waals surface area contributed by atoms with E-state index in [0.717, 1.165) is 39.0 Å². The van der Waals surface area contributed by atoms with Crippen LogP contribution in [0.3, 0.4) is 0 Å². The zero-order valence-electron chi connectivity index (χ0n) is 53.7. The molecule has 11 atom stereocenters. The molecule has 13 N–H and O–H groups in total. The summed E-state index contributed by atoms with van der Waals surface area (Å²) >= 11 is 4.48. The Bertz CT molecular complexity index is 2810. The molecule has 2 aromatic carbocycles. The van der Waals surface area contributed by atoms with Crippen LogP contribution >= 0.6 is 12.6 Å². The quantitative estimate of drug-likeness (QED) is 0.0422. The topological polar surface area (TPSA) is 411 Å². The molecule has 2 fully saturated rings. The molecule has 28 heteroatoms. The Labute approximate surface area is 542 Å². The number of carboxylic acid groups (broad SMARTS) is 2. The summed E-state index contributed by atoms with van der Waals surface area (Å²) in [6, 6.07) is 3.25. The summed E-state index contributed by atoms with van der Waals surface area (Å²) < 4.78 is 0. The number of nitrogens with one attached hydrogen (secondary N) is 8. The van der Waals surface area contributed by atoms with Crippen LogP contribution in [0, 0.1) is 17.8 Å². The lowest BCUT2D eigenvalue weighted by Gasteiger charge is -2.37. The molecule has 0 bridgehead atoms. The summed E-state index contributed by atoms with van der Waals surface area (Å²) in [6.07, 6.45) is 3.76. The van der Waals surface area contributed by atoms with Crippen molar-refractivity contribution in [1.82, 2.24) is 52.3 Å². The number of likely N-dealkylation sites (N-methyl/N-ethyl adjacent to an activating group) is 1. The second-order valence-electron chi connectivity index (χ2n) is 24.3. The van der Waals surface area contributed by atoms with E-state index in [1.165, 1.54) is 16.8 Å². The first-order chi connectivity index (χ1) is 43.6. The maximum Gasteiger partial charge on any atom is 0.305 e. The van der Waals surface area contributed by atoms with Gasteiger partial charge in [-0.3, -0.25) is 62.3 Å². The lowest BCUT2D eigenvalue weighted by Crippen LogP contribution is -2.62. The summed E-state index contributed by atoms with van der Waals surface area (Å²) in [7, 11) is 1.42. The van der Waals surface area contributed by atoms with Crippen molar-refractivity contribution in [2.45, 2.75) is 204 Å². The zero-order valence-corrected chi connectivity index (χ0v) is 54.5. The Morgan fingerprint density at radius 1 is 0.620 bits per heavy atom. The number of primary amides is 1. The van der Waals surface area contributed by atoms with Gasteiger partial charge in [0.05, 0.1) is 13.0 Å². The van der Waals surface area contributed by atoms with Crippen LogP contribution in [-0.4, -0.2) is 188 Å². The first kappa shape index (κ1) is 76.3. The van der Waals surface area contributed by atoms with Crippen molar-refractivity contribution >= 4 is 89.5 Å². The van der Waals surface area contributed by atoms with E-state index in [4.69, 9.17) is 5.73 Å². The Kier molecular flexibility index (Phi) is 31.5. The minimum atomic E-state index is -1.71. The number of thiol groups is 1. The number of carboxylic acids is 2. The molecule has 1 aliphatic carbocycles. The van der Waals surface area contributed by atoms with Crippen LogP contribution in [0.1, 0.15) is 155 Å². The van der Waals surface area contributed by atoms with Gasteiger partial charge in [-0.2, -0.15) is 12.6 Å². The summed E-state index contributed by atoms with van der Waals surface area (Å²) in [4.78, 5) is 180. The van der Waals surface area contributed by atoms with E-state index in [0.29, 0.717) is 30.4 Å². The highest BCUT2D eigenvalue weighted by molar-refractivity contribution is 7.80. The van der Waals surface area contributed by atoms with Gasteiger partial charge >= 0.3 is 11.9 Å². The Morgan fingerprint density at radius 2 is 1.15 bits per heavy atom. The number of nitrogens with zero attached hydrogens (tertiary/aromatic N) is 2. The van der Waals surface area contributed by atoms with Crippen LogP contribution in [0.25, 0.3) is 0 Å². The smallest absolute Gasteiger partial charge is 0.305 e. The van der Waals surface area contributed by atoms with Crippen molar-refractivity contribution in [3.05, 3.63) is 71.8 Å². The molecule has 508 valence electrons. The maximum atomic E-state index is 15.4. The highest BCUT2D eigenvalue weighted by Crippen LogP contribution is 2.32. The van der Waals surface area contributed by atoms with Crippen molar-refractivity contribution in [3.63, 3.8) is 0 Å². The minimum absolute atomic E-state index is 0.0320. The molecule has 0 spiro atoms. The number of carbonyl (C=O) groups is 13. The fourth-order valence-electron chi connectivity index (χ4n) is 11.6. The van der Waals surface area contributed by atoms with Gasteiger partial charge in [0.15, 0.2) is 0 Å². The van der Waals surface area contributed by atoms with E-state index >= 15 is 14.4 Å². The maximum absolute atomic E-state index is 15.4. The van der Waals surface area contributed by atoms with Crippen LogP contribution in [0.15, 0.2) is 60.7 Å². The number of carbonyl (C=O) groups excluding carboxylic acids is 11. The van der Waals surface area contributed by atoms with E-state index in [-0.39, 0.29) is 49.8 Å². The number of hydrogen-bond donors (Lipinski definition) is 13. The number of aliphatic hydroxyl groups is 1. The number of benzene rings is 2. The van der Waals surface area contributed by atoms with E-state index in [1.807, 2.05) is 13.8 Å². The number of aliphatic carboxylic acids is 2. The van der Waals surface area contributed by atoms with Crippen molar-refractivity contribution < 1.29 is 77.6 Å². The number of aliphatic hydroxyl groups excluding tert-OH is 1. The normalized spacial score (nSPS) is 17.3. The molecule has 27 nitrogen and oxygen atoms in total. The molecule has 1 saturated carbocycles. The van der Waals surface area contributed by atoms with Crippen LogP contribution in [-0.2, 0) is 62.3 Å². The minimum Gasteiger partial charge on any atom is -0.481 e. The second kappa shape index (κ2) is 38.0. The molecule has 4 rings (SSSR count). The van der Waals surface area contributed by atoms with Crippen LogP contribution in [0.2, 0.25) is 0 Å². The van der Waals surface area contributed by atoms with Crippen molar-refractivity contribution in [2.75, 3.05) is 26.0 Å². The lowest BCUT2D eigenvalue weighted by molar-refractivity contribution is -0.146. The van der Waals surface area contributed by atoms with Gasteiger partial charge in [0.2, 0.25) is 65.0 Å². The second-order valence-corrected chi connectivity index (χ2v) is 24.7. The van der Waals surface area contributed by atoms with Crippen LogP contribution in [0.5, 0.6) is 0 Å². The number of amides is 11. The highest BCUT2D eigenvalue weighted by Gasteiger charge is 2.44. The molecule has 0 unspecified atom stereocenters. The molecule has 2 aliphatic rings. The predicted molar refractivity (Wildman–Crippen MR) is 341 cm³/mol. The van der Waals surface area contributed by atoms with E-state index < -0.39 is 175 Å². The summed E-state index contributed by atoms with van der Waals surface area (Å²) in [5.41, 5.74) is 6.52. The van der Waals surface area contributed by atoms with Gasteiger partial charge in [0, 0.05) is 38.6 Å². The van der Waals surface area contributed by atoms with E-state index in [9.17, 15) is 63.3 Å². The molecule has 0 radical (unpaired) electrons. The Balaban J connectivity index is 1.68. The fraction of sp³-hybridized carbons (Fsp3) is 0.609. The first-order valence-electron chi connectivity index (χ1n) is 31.7. The molecule has 2 aromatic rings. The van der Waals surface area contributed by atoms with Crippen LogP contribution in [0.4, 0.5) is 0 Å². The van der Waals surface area contributed by atoms with Gasteiger partial charge in [-0.15, -0.1) is 0 Å².